The fourth-order valence-corrected chi connectivity index (χ4v) is 5.37. The standard InChI is InChI=1S/C19H18N2O4S2/c1-23-11-7-8-13-15(9-11)27-19(20-13)21-16(22)10-26-18(21)12-5-4-6-14(24-2)17(12)25-3/h4-9,18H,10H2,1-3H3/t18-/m0/s1. The summed E-state index contributed by atoms with van der Waals surface area (Å²) in [6, 6.07) is 11.4. The van der Waals surface area contributed by atoms with E-state index >= 15 is 0 Å². The molecule has 2 aromatic carbocycles. The molecule has 0 N–H and O–H groups in total. The summed E-state index contributed by atoms with van der Waals surface area (Å²) >= 11 is 3.03. The number of hydrogen-bond acceptors (Lipinski definition) is 7. The summed E-state index contributed by atoms with van der Waals surface area (Å²) in [5, 5.41) is 0.452. The number of aromatic nitrogens is 1. The lowest BCUT2D eigenvalue weighted by molar-refractivity contribution is -0.115. The van der Waals surface area contributed by atoms with E-state index in [2.05, 4.69) is 4.98 Å². The van der Waals surface area contributed by atoms with E-state index in [4.69, 9.17) is 14.2 Å². The van der Waals surface area contributed by atoms with E-state index in [1.807, 2.05) is 36.4 Å². The molecule has 2 heterocycles. The Kier molecular flexibility index (Phi) is 4.84. The number of fused-ring (bicyclic) bond motifs is 1. The third-order valence-electron chi connectivity index (χ3n) is 4.36. The van der Waals surface area contributed by atoms with Crippen LogP contribution >= 0.6 is 23.1 Å². The van der Waals surface area contributed by atoms with Crippen LogP contribution in [0.15, 0.2) is 36.4 Å². The molecule has 1 aliphatic rings. The van der Waals surface area contributed by atoms with Gasteiger partial charge in [-0.05, 0) is 24.3 Å². The molecular formula is C19H18N2O4S2. The lowest BCUT2D eigenvalue weighted by Crippen LogP contribution is -2.27. The average Bonchev–Trinajstić information content (AvgIpc) is 3.29. The highest BCUT2D eigenvalue weighted by Crippen LogP contribution is 2.48. The van der Waals surface area contributed by atoms with Gasteiger partial charge in [0.15, 0.2) is 16.6 Å². The molecule has 3 aromatic rings. The van der Waals surface area contributed by atoms with Gasteiger partial charge in [-0.1, -0.05) is 23.5 Å². The first kappa shape index (κ1) is 17.9. The van der Waals surface area contributed by atoms with Crippen LogP contribution < -0.4 is 19.1 Å². The van der Waals surface area contributed by atoms with Gasteiger partial charge in [-0.3, -0.25) is 9.69 Å². The second-order valence-electron chi connectivity index (χ2n) is 5.84. The second-order valence-corrected chi connectivity index (χ2v) is 7.92. The van der Waals surface area contributed by atoms with Crippen molar-refractivity contribution in [1.29, 1.82) is 0 Å². The zero-order valence-corrected chi connectivity index (χ0v) is 16.7. The Hall–Kier alpha value is -2.45. The molecule has 27 heavy (non-hydrogen) atoms. The summed E-state index contributed by atoms with van der Waals surface area (Å²) in [5.41, 5.74) is 1.74. The minimum Gasteiger partial charge on any atom is -0.497 e. The third-order valence-corrected chi connectivity index (χ3v) is 6.57. The minimum absolute atomic E-state index is 0.0286. The van der Waals surface area contributed by atoms with Gasteiger partial charge in [-0.2, -0.15) is 0 Å². The molecule has 0 saturated carbocycles. The molecule has 4 rings (SSSR count). The normalized spacial score (nSPS) is 16.8. The zero-order valence-electron chi connectivity index (χ0n) is 15.1. The second kappa shape index (κ2) is 7.28. The smallest absolute Gasteiger partial charge is 0.240 e. The number of ether oxygens (including phenoxy) is 3. The summed E-state index contributed by atoms with van der Waals surface area (Å²) in [6.07, 6.45) is 0. The average molecular weight is 402 g/mol. The Labute approximate surface area is 165 Å². The Bertz CT molecular complexity index is 1000. The fourth-order valence-electron chi connectivity index (χ4n) is 3.09. The van der Waals surface area contributed by atoms with E-state index in [-0.39, 0.29) is 11.3 Å². The quantitative estimate of drug-likeness (QED) is 0.640. The Morgan fingerprint density at radius 1 is 1.11 bits per heavy atom. The summed E-state index contributed by atoms with van der Waals surface area (Å²) in [5.74, 6) is 2.47. The van der Waals surface area contributed by atoms with Crippen molar-refractivity contribution < 1.29 is 19.0 Å². The topological polar surface area (TPSA) is 60.9 Å². The van der Waals surface area contributed by atoms with Crippen molar-refractivity contribution in [3.8, 4) is 17.2 Å². The number of carbonyl (C=O) groups is 1. The van der Waals surface area contributed by atoms with Gasteiger partial charge in [-0.15, -0.1) is 11.8 Å². The minimum atomic E-state index is -0.218. The van der Waals surface area contributed by atoms with Crippen molar-refractivity contribution >= 4 is 44.4 Å². The van der Waals surface area contributed by atoms with Gasteiger partial charge in [0.25, 0.3) is 0 Å². The van der Waals surface area contributed by atoms with Crippen LogP contribution in [0.5, 0.6) is 17.2 Å². The van der Waals surface area contributed by atoms with E-state index in [0.717, 1.165) is 21.5 Å². The van der Waals surface area contributed by atoms with Crippen molar-refractivity contribution in [3.05, 3.63) is 42.0 Å². The van der Waals surface area contributed by atoms with Gasteiger partial charge in [0.2, 0.25) is 5.91 Å². The predicted octanol–water partition coefficient (Wildman–Crippen LogP) is 4.10. The van der Waals surface area contributed by atoms with Crippen molar-refractivity contribution in [2.75, 3.05) is 32.0 Å². The number of nitrogens with zero attached hydrogens (tertiary/aromatic N) is 2. The number of amides is 1. The Balaban J connectivity index is 1.79. The van der Waals surface area contributed by atoms with E-state index < -0.39 is 0 Å². The highest BCUT2D eigenvalue weighted by molar-refractivity contribution is 8.00. The number of thiazole rings is 1. The monoisotopic (exact) mass is 402 g/mol. The van der Waals surface area contributed by atoms with Crippen LogP contribution in [-0.2, 0) is 4.79 Å². The van der Waals surface area contributed by atoms with Gasteiger partial charge < -0.3 is 14.2 Å². The lowest BCUT2D eigenvalue weighted by Gasteiger charge is -2.23. The van der Waals surface area contributed by atoms with Gasteiger partial charge in [0.05, 0.1) is 37.3 Å². The molecule has 0 spiro atoms. The maximum Gasteiger partial charge on any atom is 0.240 e. The number of thioether (sulfide) groups is 1. The summed E-state index contributed by atoms with van der Waals surface area (Å²) in [4.78, 5) is 19.1. The van der Waals surface area contributed by atoms with Crippen LogP contribution in [0, 0.1) is 0 Å². The molecule has 6 nitrogen and oxygen atoms in total. The van der Waals surface area contributed by atoms with E-state index in [9.17, 15) is 4.79 Å². The summed E-state index contributed by atoms with van der Waals surface area (Å²) in [6.45, 7) is 0. The van der Waals surface area contributed by atoms with E-state index in [0.29, 0.717) is 22.4 Å². The maximum atomic E-state index is 12.7. The summed E-state index contributed by atoms with van der Waals surface area (Å²) in [7, 11) is 4.85. The number of para-hydroxylation sites is 1. The van der Waals surface area contributed by atoms with Crippen LogP contribution in [0.4, 0.5) is 5.13 Å². The largest absolute Gasteiger partial charge is 0.497 e. The Morgan fingerprint density at radius 3 is 2.70 bits per heavy atom. The molecule has 1 fully saturated rings. The molecule has 0 bridgehead atoms. The number of rotatable bonds is 5. The molecule has 1 aliphatic heterocycles. The lowest BCUT2D eigenvalue weighted by atomic mass is 10.1. The van der Waals surface area contributed by atoms with Crippen molar-refractivity contribution in [2.45, 2.75) is 5.37 Å². The van der Waals surface area contributed by atoms with Gasteiger partial charge >= 0.3 is 0 Å². The van der Waals surface area contributed by atoms with Gasteiger partial charge in [0, 0.05) is 5.56 Å². The summed E-state index contributed by atoms with van der Waals surface area (Å²) < 4.78 is 17.3. The molecule has 0 unspecified atom stereocenters. The van der Waals surface area contributed by atoms with E-state index in [1.54, 1.807) is 38.0 Å². The van der Waals surface area contributed by atoms with Gasteiger partial charge in [0.1, 0.15) is 11.1 Å². The molecule has 1 atom stereocenters. The van der Waals surface area contributed by atoms with Gasteiger partial charge in [-0.25, -0.2) is 4.98 Å². The van der Waals surface area contributed by atoms with Crippen molar-refractivity contribution in [1.82, 2.24) is 4.98 Å². The molecular weight excluding hydrogens is 384 g/mol. The van der Waals surface area contributed by atoms with Crippen LogP contribution in [0.25, 0.3) is 10.2 Å². The molecule has 1 amide bonds. The third kappa shape index (κ3) is 3.08. The molecule has 140 valence electrons. The first-order valence-corrected chi connectivity index (χ1v) is 10.1. The fraction of sp³-hybridized carbons (Fsp3) is 0.263. The maximum absolute atomic E-state index is 12.7. The molecule has 0 radical (unpaired) electrons. The molecule has 1 aromatic heterocycles. The highest BCUT2D eigenvalue weighted by Gasteiger charge is 2.38. The first-order chi connectivity index (χ1) is 13.2. The number of carbonyl (C=O) groups excluding carboxylic acids is 1. The van der Waals surface area contributed by atoms with E-state index in [1.165, 1.54) is 11.3 Å². The van der Waals surface area contributed by atoms with Crippen molar-refractivity contribution in [2.24, 2.45) is 0 Å². The van der Waals surface area contributed by atoms with Crippen LogP contribution in [-0.4, -0.2) is 38.0 Å². The number of anilines is 1. The number of hydrogen-bond donors (Lipinski definition) is 0. The van der Waals surface area contributed by atoms with Crippen LogP contribution in [0.1, 0.15) is 10.9 Å². The SMILES string of the molecule is COc1ccc2nc(N3C(=O)CS[C@H]3c3cccc(OC)c3OC)sc2c1. The predicted molar refractivity (Wildman–Crippen MR) is 108 cm³/mol. The van der Waals surface area contributed by atoms with Crippen LogP contribution in [0.2, 0.25) is 0 Å². The molecule has 1 saturated heterocycles. The number of methoxy groups -OCH3 is 3. The molecule has 0 aliphatic carbocycles. The Morgan fingerprint density at radius 2 is 1.96 bits per heavy atom. The number of benzene rings is 2. The zero-order chi connectivity index (χ0) is 19.0. The first-order valence-electron chi connectivity index (χ1n) is 8.25. The highest BCUT2D eigenvalue weighted by atomic mass is 32.2. The van der Waals surface area contributed by atoms with Crippen molar-refractivity contribution in [3.63, 3.8) is 0 Å². The molecule has 8 heteroatoms. The van der Waals surface area contributed by atoms with Crippen LogP contribution in [0.3, 0.4) is 0 Å².